The summed E-state index contributed by atoms with van der Waals surface area (Å²) >= 11 is 1.47. The SMILES string of the molecule is Cc1nn(C)c2sc(C(=O)N3CCN(c4ccc(S(=O)(=O)N5CCOCC5)cn4)CC3)cc12. The van der Waals surface area contributed by atoms with Crippen LogP contribution >= 0.6 is 11.3 Å². The fourth-order valence-electron chi connectivity index (χ4n) is 4.25. The molecule has 0 radical (unpaired) electrons. The Hall–Kier alpha value is -2.54. The molecular weight excluding hydrogens is 464 g/mol. The number of hydrogen-bond acceptors (Lipinski definition) is 8. The van der Waals surface area contributed by atoms with Crippen LogP contribution in [0.2, 0.25) is 0 Å². The van der Waals surface area contributed by atoms with Gasteiger partial charge in [0.25, 0.3) is 5.91 Å². The lowest BCUT2D eigenvalue weighted by molar-refractivity contribution is 0.0730. The van der Waals surface area contributed by atoms with Crippen LogP contribution in [0, 0.1) is 6.92 Å². The van der Waals surface area contributed by atoms with Gasteiger partial charge >= 0.3 is 0 Å². The third-order valence-corrected chi connectivity index (χ3v) is 9.20. The topological polar surface area (TPSA) is 101 Å². The first kappa shape index (κ1) is 22.3. The molecule has 3 aromatic heterocycles. The van der Waals surface area contributed by atoms with Crippen molar-refractivity contribution in [3.63, 3.8) is 0 Å². The van der Waals surface area contributed by atoms with Crippen molar-refractivity contribution in [2.75, 3.05) is 57.4 Å². The summed E-state index contributed by atoms with van der Waals surface area (Å²) in [5, 5.41) is 5.43. The average molecular weight is 491 g/mol. The normalized spacial score (nSPS) is 18.2. The van der Waals surface area contributed by atoms with E-state index in [0.717, 1.165) is 20.8 Å². The predicted octanol–water partition coefficient (Wildman–Crippen LogP) is 1.32. The van der Waals surface area contributed by atoms with Crippen molar-refractivity contribution in [1.29, 1.82) is 0 Å². The molecule has 0 atom stereocenters. The third kappa shape index (κ3) is 4.12. The van der Waals surface area contributed by atoms with Crippen molar-refractivity contribution in [3.8, 4) is 0 Å². The molecule has 2 saturated heterocycles. The average Bonchev–Trinajstić information content (AvgIpc) is 3.40. The molecule has 2 aliphatic heterocycles. The summed E-state index contributed by atoms with van der Waals surface area (Å²) in [6.07, 6.45) is 1.42. The first-order chi connectivity index (χ1) is 15.8. The first-order valence-corrected chi connectivity index (χ1v) is 13.1. The Morgan fingerprint density at radius 3 is 2.45 bits per heavy atom. The molecule has 176 valence electrons. The molecule has 2 fully saturated rings. The second kappa shape index (κ2) is 8.67. The molecule has 0 N–H and O–H groups in total. The van der Waals surface area contributed by atoms with Crippen molar-refractivity contribution in [2.24, 2.45) is 7.05 Å². The molecule has 0 aromatic carbocycles. The number of morpholine rings is 1. The van der Waals surface area contributed by atoms with E-state index >= 15 is 0 Å². The Morgan fingerprint density at radius 1 is 1.09 bits per heavy atom. The van der Waals surface area contributed by atoms with Gasteiger partial charge in [0.15, 0.2) is 0 Å². The minimum atomic E-state index is -3.56. The van der Waals surface area contributed by atoms with Gasteiger partial charge in [-0.25, -0.2) is 13.4 Å². The Balaban J connectivity index is 1.23. The number of carbonyl (C=O) groups excluding carboxylic acids is 1. The van der Waals surface area contributed by atoms with E-state index in [0.29, 0.717) is 58.3 Å². The number of sulfonamides is 1. The highest BCUT2D eigenvalue weighted by atomic mass is 32.2. The number of thiophene rings is 1. The molecule has 5 heterocycles. The molecule has 0 saturated carbocycles. The number of pyridine rings is 1. The number of anilines is 1. The van der Waals surface area contributed by atoms with Gasteiger partial charge in [-0.2, -0.15) is 9.40 Å². The van der Waals surface area contributed by atoms with E-state index in [9.17, 15) is 13.2 Å². The van der Waals surface area contributed by atoms with E-state index in [-0.39, 0.29) is 10.8 Å². The maximum absolute atomic E-state index is 13.0. The number of aryl methyl sites for hydroxylation is 2. The summed E-state index contributed by atoms with van der Waals surface area (Å²) in [5.41, 5.74) is 0.928. The molecule has 10 nitrogen and oxygen atoms in total. The first-order valence-electron chi connectivity index (χ1n) is 10.9. The summed E-state index contributed by atoms with van der Waals surface area (Å²) in [7, 11) is -1.67. The molecule has 5 rings (SSSR count). The van der Waals surface area contributed by atoms with E-state index in [1.807, 2.05) is 29.6 Å². The van der Waals surface area contributed by atoms with Crippen LogP contribution in [0.3, 0.4) is 0 Å². The van der Waals surface area contributed by atoms with Crippen molar-refractivity contribution < 1.29 is 17.9 Å². The van der Waals surface area contributed by atoms with E-state index in [4.69, 9.17) is 4.74 Å². The van der Waals surface area contributed by atoms with Crippen LogP contribution in [0.25, 0.3) is 10.2 Å². The molecular formula is C21H26N6O4S2. The van der Waals surface area contributed by atoms with E-state index < -0.39 is 10.0 Å². The minimum absolute atomic E-state index is 0.0372. The van der Waals surface area contributed by atoms with Crippen LogP contribution in [-0.4, -0.2) is 90.8 Å². The lowest BCUT2D eigenvalue weighted by atomic mass is 10.2. The van der Waals surface area contributed by atoms with Gasteiger partial charge in [0.05, 0.1) is 23.8 Å². The monoisotopic (exact) mass is 490 g/mol. The summed E-state index contributed by atoms with van der Waals surface area (Å²) in [4.78, 5) is 23.3. The highest BCUT2D eigenvalue weighted by molar-refractivity contribution is 7.89. The number of carbonyl (C=O) groups is 1. The molecule has 12 heteroatoms. The minimum Gasteiger partial charge on any atom is -0.379 e. The second-order valence-electron chi connectivity index (χ2n) is 8.19. The maximum Gasteiger partial charge on any atom is 0.264 e. The van der Waals surface area contributed by atoms with Crippen LogP contribution < -0.4 is 4.90 Å². The largest absolute Gasteiger partial charge is 0.379 e. The van der Waals surface area contributed by atoms with Gasteiger partial charge in [0.2, 0.25) is 10.0 Å². The number of aromatic nitrogens is 3. The lowest BCUT2D eigenvalue weighted by Crippen LogP contribution is -2.48. The quantitative estimate of drug-likeness (QED) is 0.544. The van der Waals surface area contributed by atoms with Crippen molar-refractivity contribution in [1.82, 2.24) is 24.0 Å². The van der Waals surface area contributed by atoms with Gasteiger partial charge in [0, 0.05) is 57.9 Å². The Morgan fingerprint density at radius 2 is 1.82 bits per heavy atom. The number of fused-ring (bicyclic) bond motifs is 1. The van der Waals surface area contributed by atoms with Crippen molar-refractivity contribution in [2.45, 2.75) is 11.8 Å². The van der Waals surface area contributed by atoms with Gasteiger partial charge < -0.3 is 14.5 Å². The van der Waals surface area contributed by atoms with Crippen LogP contribution in [0.15, 0.2) is 29.3 Å². The van der Waals surface area contributed by atoms with E-state index in [2.05, 4.69) is 15.0 Å². The van der Waals surface area contributed by atoms with Crippen LogP contribution in [0.1, 0.15) is 15.4 Å². The zero-order valence-corrected chi connectivity index (χ0v) is 20.2. The molecule has 33 heavy (non-hydrogen) atoms. The second-order valence-corrected chi connectivity index (χ2v) is 11.2. The number of piperazine rings is 1. The Labute approximate surface area is 196 Å². The van der Waals surface area contributed by atoms with Gasteiger partial charge in [0.1, 0.15) is 15.5 Å². The fraction of sp³-hybridized carbons (Fsp3) is 0.476. The molecule has 0 aliphatic carbocycles. The van der Waals surface area contributed by atoms with Crippen molar-refractivity contribution in [3.05, 3.63) is 35.0 Å². The summed E-state index contributed by atoms with van der Waals surface area (Å²) in [6.45, 7) is 5.93. The van der Waals surface area contributed by atoms with Crippen molar-refractivity contribution >= 4 is 43.3 Å². The predicted molar refractivity (Wildman–Crippen MR) is 125 cm³/mol. The number of ether oxygens (including phenoxy) is 1. The van der Waals surface area contributed by atoms with Gasteiger partial charge in [-0.05, 0) is 25.1 Å². The third-order valence-electron chi connectivity index (χ3n) is 6.13. The van der Waals surface area contributed by atoms with Crippen LogP contribution in [-0.2, 0) is 21.8 Å². The van der Waals surface area contributed by atoms with Gasteiger partial charge in [-0.3, -0.25) is 9.48 Å². The highest BCUT2D eigenvalue weighted by Crippen LogP contribution is 2.29. The zero-order chi connectivity index (χ0) is 23.2. The Kier molecular flexibility index (Phi) is 5.85. The standard InChI is InChI=1S/C21H26N6O4S2/c1-15-17-13-18(32-21(17)24(2)23-15)20(28)26-7-5-25(6-8-26)19-4-3-16(14-22-19)33(29,30)27-9-11-31-12-10-27/h3-4,13-14H,5-12H2,1-2H3. The number of hydrogen-bond donors (Lipinski definition) is 0. The maximum atomic E-state index is 13.0. The van der Waals surface area contributed by atoms with Crippen LogP contribution in [0.5, 0.6) is 0 Å². The lowest BCUT2D eigenvalue weighted by Gasteiger charge is -2.35. The van der Waals surface area contributed by atoms with Gasteiger partial charge in [-0.1, -0.05) is 0 Å². The smallest absolute Gasteiger partial charge is 0.264 e. The number of rotatable bonds is 4. The molecule has 1 amide bonds. The fourth-order valence-corrected chi connectivity index (χ4v) is 6.70. The van der Waals surface area contributed by atoms with Crippen LogP contribution in [0.4, 0.5) is 5.82 Å². The molecule has 0 bridgehead atoms. The summed E-state index contributed by atoms with van der Waals surface area (Å²) < 4.78 is 34.1. The molecule has 3 aromatic rings. The molecule has 0 spiro atoms. The Bertz CT molecular complexity index is 1240. The molecule has 0 unspecified atom stereocenters. The van der Waals surface area contributed by atoms with Gasteiger partial charge in [-0.15, -0.1) is 11.3 Å². The number of amides is 1. The number of nitrogens with zero attached hydrogens (tertiary/aromatic N) is 6. The summed E-state index contributed by atoms with van der Waals surface area (Å²) in [5.74, 6) is 0.752. The zero-order valence-electron chi connectivity index (χ0n) is 18.6. The van der Waals surface area contributed by atoms with E-state index in [1.54, 1.807) is 12.1 Å². The highest BCUT2D eigenvalue weighted by Gasteiger charge is 2.28. The summed E-state index contributed by atoms with van der Waals surface area (Å²) in [6, 6.07) is 5.29. The van der Waals surface area contributed by atoms with E-state index in [1.165, 1.54) is 21.8 Å². The molecule has 2 aliphatic rings.